The number of hydrogen-bond donors (Lipinski definition) is 0. The van der Waals surface area contributed by atoms with Crippen LogP contribution < -0.4 is 9.80 Å². The van der Waals surface area contributed by atoms with E-state index in [9.17, 15) is 30.8 Å². The van der Waals surface area contributed by atoms with Crippen molar-refractivity contribution in [3.05, 3.63) is 100 Å². The number of aromatic nitrogens is 2. The first kappa shape index (κ1) is 34.8. The van der Waals surface area contributed by atoms with Gasteiger partial charge in [0.2, 0.25) is 16.0 Å². The zero-order chi connectivity index (χ0) is 34.9. The van der Waals surface area contributed by atoms with E-state index in [1.165, 1.54) is 28.6 Å². The summed E-state index contributed by atoms with van der Waals surface area (Å²) >= 11 is 6.30. The molecule has 1 aromatic heterocycles. The van der Waals surface area contributed by atoms with Gasteiger partial charge in [-0.15, -0.1) is 0 Å². The van der Waals surface area contributed by atoms with E-state index in [-0.39, 0.29) is 40.9 Å². The van der Waals surface area contributed by atoms with E-state index in [2.05, 4.69) is 4.98 Å². The van der Waals surface area contributed by atoms with Crippen LogP contribution >= 0.6 is 11.6 Å². The number of ketones is 1. The van der Waals surface area contributed by atoms with E-state index in [1.54, 1.807) is 43.3 Å². The van der Waals surface area contributed by atoms with Gasteiger partial charge in [-0.3, -0.25) is 4.79 Å². The van der Waals surface area contributed by atoms with Crippen LogP contribution in [-0.4, -0.2) is 67.2 Å². The van der Waals surface area contributed by atoms with Gasteiger partial charge in [-0.25, -0.2) is 22.8 Å². The zero-order valence-corrected chi connectivity index (χ0v) is 28.2. The molecule has 49 heavy (non-hydrogen) atoms. The molecule has 0 radical (unpaired) electrons. The van der Waals surface area contributed by atoms with E-state index in [4.69, 9.17) is 16.6 Å². The van der Waals surface area contributed by atoms with Crippen molar-refractivity contribution in [2.24, 2.45) is 0 Å². The van der Waals surface area contributed by atoms with Crippen molar-refractivity contribution in [1.82, 2.24) is 14.3 Å². The van der Waals surface area contributed by atoms with Gasteiger partial charge in [0.05, 0.1) is 28.0 Å². The number of piperazine rings is 1. The standard InChI is InChI=1S/C35H34ClF4N5O3S/c1-23-6-4-7-27(36)33(23)49(47,48)45-17-5-10-31(45)32(46)16-15-26-22-29(24-11-13-25(14-12-24)35(38,39)40)42-34(41-26)44-20-18-43(19-21-44)30-9-3-2-8-28(30)37/h2-4,6-9,11-14,22,31H,5,10,15-21H2,1H3/t31-/m0/s1. The maximum atomic E-state index is 14.4. The Morgan fingerprint density at radius 2 is 1.61 bits per heavy atom. The van der Waals surface area contributed by atoms with Crippen LogP contribution in [-0.2, 0) is 27.4 Å². The van der Waals surface area contributed by atoms with Crippen molar-refractivity contribution in [2.45, 2.75) is 49.7 Å². The largest absolute Gasteiger partial charge is 0.416 e. The molecule has 0 bridgehead atoms. The molecule has 258 valence electrons. The van der Waals surface area contributed by atoms with Crippen molar-refractivity contribution in [3.63, 3.8) is 0 Å². The second-order valence-corrected chi connectivity index (χ2v) is 14.4. The van der Waals surface area contributed by atoms with Crippen LogP contribution in [0.2, 0.25) is 5.02 Å². The summed E-state index contributed by atoms with van der Waals surface area (Å²) in [4.78, 5) is 26.9. The van der Waals surface area contributed by atoms with Crippen LogP contribution in [0.4, 0.5) is 29.2 Å². The highest BCUT2D eigenvalue weighted by atomic mass is 35.5. The minimum atomic E-state index is -4.50. The van der Waals surface area contributed by atoms with Crippen molar-refractivity contribution in [3.8, 4) is 11.3 Å². The van der Waals surface area contributed by atoms with Gasteiger partial charge >= 0.3 is 6.18 Å². The third-order valence-electron chi connectivity index (χ3n) is 8.96. The van der Waals surface area contributed by atoms with Crippen LogP contribution in [0.1, 0.15) is 36.1 Å². The van der Waals surface area contributed by atoms with Crippen LogP contribution in [0.3, 0.4) is 0 Å². The third kappa shape index (κ3) is 7.43. The van der Waals surface area contributed by atoms with E-state index in [1.807, 2.05) is 9.80 Å². The number of rotatable bonds is 9. The first-order valence-electron chi connectivity index (χ1n) is 15.9. The van der Waals surface area contributed by atoms with Gasteiger partial charge < -0.3 is 9.80 Å². The topological polar surface area (TPSA) is 86.7 Å². The number of halogens is 5. The average molecular weight is 716 g/mol. The molecular formula is C35H34ClF4N5O3S. The summed E-state index contributed by atoms with van der Waals surface area (Å²) in [5, 5.41) is 0.0946. The Balaban J connectivity index is 1.24. The second kappa shape index (κ2) is 14.0. The number of Topliss-reactive ketones (excluding diaryl/α,β-unsaturated/α-hetero) is 1. The summed E-state index contributed by atoms with van der Waals surface area (Å²) < 4.78 is 82.8. The van der Waals surface area contributed by atoms with Crippen LogP contribution in [0, 0.1) is 12.7 Å². The molecule has 1 atom stereocenters. The Morgan fingerprint density at radius 1 is 0.918 bits per heavy atom. The van der Waals surface area contributed by atoms with Gasteiger partial charge in [0.25, 0.3) is 0 Å². The number of sulfonamides is 1. The average Bonchev–Trinajstić information content (AvgIpc) is 3.59. The number of nitrogens with zero attached hydrogens (tertiary/aromatic N) is 5. The Kier molecular flexibility index (Phi) is 9.97. The summed E-state index contributed by atoms with van der Waals surface area (Å²) in [5.74, 6) is -0.244. The highest BCUT2D eigenvalue weighted by Gasteiger charge is 2.40. The summed E-state index contributed by atoms with van der Waals surface area (Å²) in [6.07, 6.45) is -3.45. The van der Waals surface area contributed by atoms with Gasteiger partial charge in [0.1, 0.15) is 10.7 Å². The van der Waals surface area contributed by atoms with Crippen LogP contribution in [0.5, 0.6) is 0 Å². The SMILES string of the molecule is Cc1cccc(Cl)c1S(=O)(=O)N1CCC[C@H]1C(=O)CCc1cc(-c2ccc(C(F)(F)F)cc2)nc(N2CCN(c3ccccc3F)CC2)n1. The number of aryl methyl sites for hydroxylation is 2. The van der Waals surface area contributed by atoms with Crippen molar-refractivity contribution in [2.75, 3.05) is 42.5 Å². The second-order valence-electron chi connectivity index (χ2n) is 12.2. The normalized spacial score (nSPS) is 17.5. The van der Waals surface area contributed by atoms with E-state index in [0.717, 1.165) is 12.1 Å². The summed E-state index contributed by atoms with van der Waals surface area (Å²) in [7, 11) is -4.04. The first-order chi connectivity index (χ1) is 23.3. The molecule has 2 aliphatic heterocycles. The Hall–Kier alpha value is -4.07. The molecule has 8 nitrogen and oxygen atoms in total. The van der Waals surface area contributed by atoms with E-state index in [0.29, 0.717) is 73.2 Å². The lowest BCUT2D eigenvalue weighted by atomic mass is 10.0. The lowest BCUT2D eigenvalue weighted by molar-refractivity contribution is -0.137. The number of alkyl halides is 3. The molecule has 2 saturated heterocycles. The van der Waals surface area contributed by atoms with Crippen molar-refractivity contribution < 1.29 is 30.8 Å². The maximum absolute atomic E-state index is 14.4. The number of benzene rings is 3. The molecule has 0 unspecified atom stereocenters. The summed E-state index contributed by atoms with van der Waals surface area (Å²) in [5.41, 5.74) is 1.51. The van der Waals surface area contributed by atoms with Crippen LogP contribution in [0.25, 0.3) is 11.3 Å². The smallest absolute Gasteiger partial charge is 0.366 e. The number of carbonyl (C=O) groups excluding carboxylic acids is 1. The van der Waals surface area contributed by atoms with Gasteiger partial charge in [-0.2, -0.15) is 17.5 Å². The number of para-hydroxylation sites is 1. The molecule has 0 aliphatic carbocycles. The molecule has 3 heterocycles. The van der Waals surface area contributed by atoms with Gasteiger partial charge in [0, 0.05) is 50.4 Å². The van der Waals surface area contributed by atoms with Crippen molar-refractivity contribution in [1.29, 1.82) is 0 Å². The number of anilines is 2. The number of carbonyl (C=O) groups is 1. The van der Waals surface area contributed by atoms with Gasteiger partial charge in [-0.05, 0) is 68.1 Å². The molecule has 6 rings (SSSR count). The molecule has 2 aliphatic rings. The highest BCUT2D eigenvalue weighted by Crippen LogP contribution is 2.34. The quantitative estimate of drug-likeness (QED) is 0.174. The molecule has 4 aromatic rings. The lowest BCUT2D eigenvalue weighted by Gasteiger charge is -2.36. The summed E-state index contributed by atoms with van der Waals surface area (Å²) in [6, 6.07) is 16.8. The predicted octanol–water partition coefficient (Wildman–Crippen LogP) is 6.94. The summed E-state index contributed by atoms with van der Waals surface area (Å²) in [6.45, 7) is 3.74. The molecule has 2 fully saturated rings. The van der Waals surface area contributed by atoms with Gasteiger partial charge in [0.15, 0.2) is 5.78 Å². The van der Waals surface area contributed by atoms with Crippen molar-refractivity contribution >= 4 is 39.0 Å². The van der Waals surface area contributed by atoms with E-state index >= 15 is 0 Å². The number of hydrogen-bond acceptors (Lipinski definition) is 7. The fourth-order valence-corrected chi connectivity index (χ4v) is 8.88. The van der Waals surface area contributed by atoms with Crippen LogP contribution in [0.15, 0.2) is 77.7 Å². The Morgan fingerprint density at radius 3 is 2.29 bits per heavy atom. The molecular weight excluding hydrogens is 682 g/mol. The minimum absolute atomic E-state index is 0.00640. The molecule has 0 saturated carbocycles. The van der Waals surface area contributed by atoms with Gasteiger partial charge in [-0.1, -0.05) is 48.0 Å². The Labute approximate surface area is 287 Å². The van der Waals surface area contributed by atoms with E-state index < -0.39 is 27.8 Å². The highest BCUT2D eigenvalue weighted by molar-refractivity contribution is 7.89. The first-order valence-corrected chi connectivity index (χ1v) is 17.7. The molecule has 0 spiro atoms. The molecule has 0 N–H and O–H groups in total. The molecule has 3 aromatic carbocycles. The fraction of sp³-hybridized carbons (Fsp3) is 0.343. The Bertz CT molecular complexity index is 1930. The predicted molar refractivity (Wildman–Crippen MR) is 180 cm³/mol. The maximum Gasteiger partial charge on any atom is 0.416 e. The minimum Gasteiger partial charge on any atom is -0.366 e. The fourth-order valence-electron chi connectivity index (χ4n) is 6.41. The monoisotopic (exact) mass is 715 g/mol. The third-order valence-corrected chi connectivity index (χ3v) is 11.5. The lowest BCUT2D eigenvalue weighted by Crippen LogP contribution is -2.47. The molecule has 0 amide bonds. The molecule has 14 heteroatoms. The zero-order valence-electron chi connectivity index (χ0n) is 26.6.